The van der Waals surface area contributed by atoms with Gasteiger partial charge in [-0.2, -0.15) is 5.26 Å². The van der Waals surface area contributed by atoms with Crippen LogP contribution in [0.1, 0.15) is 26.3 Å². The molecule has 0 aliphatic heterocycles. The number of carbonyl (C=O) groups is 1. The van der Waals surface area contributed by atoms with Gasteiger partial charge >= 0.3 is 6.09 Å². The summed E-state index contributed by atoms with van der Waals surface area (Å²) in [6.07, 6.45) is -0.575. The summed E-state index contributed by atoms with van der Waals surface area (Å²) in [5.41, 5.74) is 6.32. The Balaban J connectivity index is 2.76. The molecule has 0 spiro atoms. The summed E-state index contributed by atoms with van der Waals surface area (Å²) in [6, 6.07) is 6.60. The van der Waals surface area contributed by atoms with Gasteiger partial charge in [0.2, 0.25) is 0 Å². The van der Waals surface area contributed by atoms with E-state index in [9.17, 15) is 4.79 Å². The van der Waals surface area contributed by atoms with E-state index in [1.165, 1.54) is 6.07 Å². The number of carbonyl (C=O) groups excluding carboxylic acids is 1. The average molecular weight is 233 g/mol. The predicted octanol–water partition coefficient (Wildman–Crippen LogP) is 2.49. The van der Waals surface area contributed by atoms with Crippen molar-refractivity contribution in [3.05, 3.63) is 23.8 Å². The van der Waals surface area contributed by atoms with E-state index in [1.807, 2.05) is 6.07 Å². The van der Waals surface area contributed by atoms with Crippen LogP contribution in [0.25, 0.3) is 0 Å². The van der Waals surface area contributed by atoms with Gasteiger partial charge < -0.3 is 10.5 Å². The Labute approximate surface area is 100 Å². The second-order valence-corrected chi connectivity index (χ2v) is 4.54. The third-order valence-corrected chi connectivity index (χ3v) is 1.82. The normalized spacial score (nSPS) is 10.5. The van der Waals surface area contributed by atoms with Crippen molar-refractivity contribution in [2.24, 2.45) is 0 Å². The summed E-state index contributed by atoms with van der Waals surface area (Å²) in [6.45, 7) is 5.32. The van der Waals surface area contributed by atoms with Crippen molar-refractivity contribution >= 4 is 17.5 Å². The molecule has 0 unspecified atom stereocenters. The minimum absolute atomic E-state index is 0.329. The highest BCUT2D eigenvalue weighted by Crippen LogP contribution is 2.20. The van der Waals surface area contributed by atoms with Gasteiger partial charge in [0.25, 0.3) is 0 Å². The molecule has 0 bridgehead atoms. The van der Waals surface area contributed by atoms with Crippen LogP contribution in [0.3, 0.4) is 0 Å². The third-order valence-electron chi connectivity index (χ3n) is 1.82. The number of nitriles is 1. The maximum atomic E-state index is 11.5. The summed E-state index contributed by atoms with van der Waals surface area (Å²) in [4.78, 5) is 11.5. The van der Waals surface area contributed by atoms with Crippen LogP contribution in [0, 0.1) is 11.3 Å². The van der Waals surface area contributed by atoms with E-state index in [4.69, 9.17) is 15.7 Å². The second-order valence-electron chi connectivity index (χ2n) is 4.54. The van der Waals surface area contributed by atoms with Gasteiger partial charge in [0.15, 0.2) is 0 Å². The zero-order chi connectivity index (χ0) is 13.1. The quantitative estimate of drug-likeness (QED) is 0.729. The monoisotopic (exact) mass is 233 g/mol. The van der Waals surface area contributed by atoms with Crippen LogP contribution in [0.15, 0.2) is 18.2 Å². The van der Waals surface area contributed by atoms with Crippen molar-refractivity contribution in [1.29, 1.82) is 5.26 Å². The number of nitrogens with zero attached hydrogens (tertiary/aromatic N) is 1. The largest absolute Gasteiger partial charge is 0.444 e. The number of amides is 1. The number of ether oxygens (including phenoxy) is 1. The third kappa shape index (κ3) is 4.03. The van der Waals surface area contributed by atoms with E-state index < -0.39 is 11.7 Å². The Bertz CT molecular complexity index is 470. The first-order valence-corrected chi connectivity index (χ1v) is 5.11. The first kappa shape index (κ1) is 12.8. The van der Waals surface area contributed by atoms with Crippen molar-refractivity contribution < 1.29 is 9.53 Å². The number of anilines is 2. The molecule has 0 radical (unpaired) electrons. The summed E-state index contributed by atoms with van der Waals surface area (Å²) < 4.78 is 5.08. The minimum Gasteiger partial charge on any atom is -0.444 e. The summed E-state index contributed by atoms with van der Waals surface area (Å²) in [7, 11) is 0. The molecule has 0 aromatic heterocycles. The van der Waals surface area contributed by atoms with Crippen LogP contribution in [0.2, 0.25) is 0 Å². The Morgan fingerprint density at radius 3 is 2.59 bits per heavy atom. The van der Waals surface area contributed by atoms with Gasteiger partial charge in [-0.3, -0.25) is 5.32 Å². The second kappa shape index (κ2) is 4.74. The average Bonchev–Trinajstić information content (AvgIpc) is 2.18. The van der Waals surface area contributed by atoms with Crippen LogP contribution in [-0.2, 0) is 4.74 Å². The zero-order valence-corrected chi connectivity index (χ0v) is 10.1. The Kier molecular flexibility index (Phi) is 3.59. The Morgan fingerprint density at radius 2 is 2.12 bits per heavy atom. The molecule has 0 aliphatic carbocycles. The van der Waals surface area contributed by atoms with E-state index >= 15 is 0 Å². The first-order chi connectivity index (χ1) is 7.81. The number of rotatable bonds is 1. The Morgan fingerprint density at radius 1 is 1.47 bits per heavy atom. The molecular weight excluding hydrogens is 218 g/mol. The van der Waals surface area contributed by atoms with Gasteiger partial charge in [0.05, 0.1) is 23.0 Å². The smallest absolute Gasteiger partial charge is 0.412 e. The molecule has 1 aromatic rings. The molecule has 5 nitrogen and oxygen atoms in total. The Hall–Kier alpha value is -2.22. The van der Waals surface area contributed by atoms with E-state index in [-0.39, 0.29) is 0 Å². The van der Waals surface area contributed by atoms with Gasteiger partial charge in [-0.1, -0.05) is 0 Å². The molecule has 0 heterocycles. The molecule has 0 aliphatic rings. The molecule has 0 saturated carbocycles. The number of hydrogen-bond donors (Lipinski definition) is 2. The van der Waals surface area contributed by atoms with Crippen LogP contribution in [0.5, 0.6) is 0 Å². The van der Waals surface area contributed by atoms with E-state index in [1.54, 1.807) is 32.9 Å². The highest BCUT2D eigenvalue weighted by Gasteiger charge is 2.16. The van der Waals surface area contributed by atoms with Crippen LogP contribution < -0.4 is 11.1 Å². The van der Waals surface area contributed by atoms with Crippen LogP contribution in [-0.4, -0.2) is 11.7 Å². The predicted molar refractivity (Wildman–Crippen MR) is 65.4 cm³/mol. The fraction of sp³-hybridized carbons (Fsp3) is 0.333. The van der Waals surface area contributed by atoms with Gasteiger partial charge in [-0.25, -0.2) is 4.79 Å². The molecule has 3 N–H and O–H groups in total. The molecule has 5 heteroatoms. The number of benzene rings is 1. The molecular formula is C12H15N3O2. The molecule has 1 amide bonds. The summed E-state index contributed by atoms with van der Waals surface area (Å²) in [5.74, 6) is 0. The molecule has 0 saturated heterocycles. The van der Waals surface area contributed by atoms with Gasteiger partial charge in [0.1, 0.15) is 5.60 Å². The molecule has 0 atom stereocenters. The van der Waals surface area contributed by atoms with Crippen LogP contribution in [0.4, 0.5) is 16.2 Å². The summed E-state index contributed by atoms with van der Waals surface area (Å²) >= 11 is 0. The maximum absolute atomic E-state index is 11.5. The fourth-order valence-electron chi connectivity index (χ4n) is 1.16. The van der Waals surface area contributed by atoms with Crippen molar-refractivity contribution in [2.45, 2.75) is 26.4 Å². The zero-order valence-electron chi connectivity index (χ0n) is 10.1. The molecule has 17 heavy (non-hydrogen) atoms. The van der Waals surface area contributed by atoms with Gasteiger partial charge in [0, 0.05) is 0 Å². The number of nitrogen functional groups attached to an aromatic ring is 1. The van der Waals surface area contributed by atoms with Crippen molar-refractivity contribution in [3.8, 4) is 6.07 Å². The van der Waals surface area contributed by atoms with Crippen molar-refractivity contribution in [3.63, 3.8) is 0 Å². The fourth-order valence-corrected chi connectivity index (χ4v) is 1.16. The highest BCUT2D eigenvalue weighted by molar-refractivity contribution is 5.89. The van der Waals surface area contributed by atoms with E-state index in [0.29, 0.717) is 16.9 Å². The first-order valence-electron chi connectivity index (χ1n) is 5.11. The standard InChI is InChI=1S/C12H15N3O2/c1-12(2,3)17-11(16)15-10-5-4-8(7-13)6-9(10)14/h4-6H,14H2,1-3H3,(H,15,16). The van der Waals surface area contributed by atoms with Crippen LogP contribution >= 0.6 is 0 Å². The van der Waals surface area contributed by atoms with E-state index in [2.05, 4.69) is 5.32 Å². The van der Waals surface area contributed by atoms with E-state index in [0.717, 1.165) is 0 Å². The number of hydrogen-bond acceptors (Lipinski definition) is 4. The number of nitrogens with two attached hydrogens (primary N) is 1. The lowest BCUT2D eigenvalue weighted by molar-refractivity contribution is 0.0636. The lowest BCUT2D eigenvalue weighted by Gasteiger charge is -2.20. The molecule has 1 rings (SSSR count). The topological polar surface area (TPSA) is 88.1 Å². The highest BCUT2D eigenvalue weighted by atomic mass is 16.6. The van der Waals surface area contributed by atoms with Gasteiger partial charge in [-0.05, 0) is 39.0 Å². The minimum atomic E-state index is -0.575. The molecule has 1 aromatic carbocycles. The lowest BCUT2D eigenvalue weighted by Crippen LogP contribution is -2.27. The van der Waals surface area contributed by atoms with Gasteiger partial charge in [-0.15, -0.1) is 0 Å². The maximum Gasteiger partial charge on any atom is 0.412 e. The van der Waals surface area contributed by atoms with Crippen molar-refractivity contribution in [2.75, 3.05) is 11.1 Å². The molecule has 90 valence electrons. The lowest BCUT2D eigenvalue weighted by atomic mass is 10.2. The van der Waals surface area contributed by atoms with Crippen molar-refractivity contribution in [1.82, 2.24) is 0 Å². The number of nitrogens with one attached hydrogen (secondary N) is 1. The summed E-state index contributed by atoms with van der Waals surface area (Å²) in [5, 5.41) is 11.2. The SMILES string of the molecule is CC(C)(C)OC(=O)Nc1ccc(C#N)cc1N. The molecule has 0 fully saturated rings.